The molecule has 0 aromatic carbocycles. The summed E-state index contributed by atoms with van der Waals surface area (Å²) in [4.78, 5) is 12.2. The molecule has 0 radical (unpaired) electrons. The van der Waals surface area contributed by atoms with E-state index < -0.39 is 5.60 Å². The molecule has 1 rings (SSSR count). The number of carbonyl (C=O) groups excluding carboxylic acids is 1. The Bertz CT molecular complexity index is 227. The van der Waals surface area contributed by atoms with Crippen LogP contribution in [0, 0.1) is 0 Å². The molecule has 3 nitrogen and oxygen atoms in total. The number of carbonyl (C=O) groups is 1. The zero-order chi connectivity index (χ0) is 12.2. The van der Waals surface area contributed by atoms with Gasteiger partial charge in [-0.1, -0.05) is 6.92 Å². The fourth-order valence-electron chi connectivity index (χ4n) is 2.66. The van der Waals surface area contributed by atoms with E-state index in [0.717, 1.165) is 6.42 Å². The third-order valence-corrected chi connectivity index (χ3v) is 3.10. The van der Waals surface area contributed by atoms with Gasteiger partial charge in [0.1, 0.15) is 5.60 Å². The zero-order valence-electron chi connectivity index (χ0n) is 10.9. The molecule has 0 aromatic rings. The van der Waals surface area contributed by atoms with Gasteiger partial charge in [-0.3, -0.25) is 4.79 Å². The van der Waals surface area contributed by atoms with Crippen molar-refractivity contribution >= 4 is 5.78 Å². The molecular weight excluding hydrogens is 204 g/mol. The predicted molar refractivity (Wildman–Crippen MR) is 63.5 cm³/mol. The average molecular weight is 228 g/mol. The van der Waals surface area contributed by atoms with Crippen LogP contribution in [0.3, 0.4) is 0 Å². The molecule has 1 saturated heterocycles. The predicted octanol–water partition coefficient (Wildman–Crippen LogP) is 2.72. The molecule has 2 atom stereocenters. The van der Waals surface area contributed by atoms with E-state index in [1.54, 1.807) is 0 Å². The first-order valence-corrected chi connectivity index (χ1v) is 6.36. The number of hydrogen-bond acceptors (Lipinski definition) is 3. The van der Waals surface area contributed by atoms with Gasteiger partial charge in [0.2, 0.25) is 0 Å². The Morgan fingerprint density at radius 3 is 2.31 bits per heavy atom. The highest BCUT2D eigenvalue weighted by atomic mass is 16.5. The molecule has 0 spiro atoms. The Morgan fingerprint density at radius 1 is 1.31 bits per heavy atom. The average Bonchev–Trinajstić information content (AvgIpc) is 2.16. The van der Waals surface area contributed by atoms with E-state index in [1.807, 2.05) is 27.7 Å². The minimum atomic E-state index is -0.582. The number of ether oxygens (including phenoxy) is 2. The summed E-state index contributed by atoms with van der Waals surface area (Å²) in [5.41, 5.74) is -0.582. The number of Topliss-reactive ketones (excluding diaryl/α,β-unsaturated/α-hetero) is 1. The molecular formula is C13H24O3. The summed E-state index contributed by atoms with van der Waals surface area (Å²) >= 11 is 0. The maximum atomic E-state index is 12.2. The highest BCUT2D eigenvalue weighted by molar-refractivity contribution is 5.87. The summed E-state index contributed by atoms with van der Waals surface area (Å²) in [6, 6.07) is 0. The minimum absolute atomic E-state index is 0.108. The zero-order valence-corrected chi connectivity index (χ0v) is 10.9. The second-order valence-corrected chi connectivity index (χ2v) is 4.77. The fourth-order valence-corrected chi connectivity index (χ4v) is 2.66. The number of rotatable bonds is 5. The minimum Gasteiger partial charge on any atom is -0.375 e. The van der Waals surface area contributed by atoms with Crippen molar-refractivity contribution in [2.75, 3.05) is 6.61 Å². The van der Waals surface area contributed by atoms with Crippen LogP contribution in [0.4, 0.5) is 0 Å². The van der Waals surface area contributed by atoms with Gasteiger partial charge in [-0.2, -0.15) is 0 Å². The standard InChI is InChI=1S/C13H24O3/c1-5-7-12(14)13(15-6-2)8-10(3)16-11(4)9-13/h10-11H,5-9H2,1-4H3. The lowest BCUT2D eigenvalue weighted by atomic mass is 9.82. The van der Waals surface area contributed by atoms with Crippen LogP contribution in [-0.2, 0) is 14.3 Å². The van der Waals surface area contributed by atoms with Gasteiger partial charge in [0.05, 0.1) is 12.2 Å². The molecule has 1 aliphatic heterocycles. The first-order valence-electron chi connectivity index (χ1n) is 6.36. The first-order chi connectivity index (χ1) is 7.54. The molecule has 2 unspecified atom stereocenters. The second kappa shape index (κ2) is 5.78. The number of hydrogen-bond donors (Lipinski definition) is 0. The maximum Gasteiger partial charge on any atom is 0.164 e. The third kappa shape index (κ3) is 3.05. The highest BCUT2D eigenvalue weighted by Gasteiger charge is 2.44. The molecule has 0 saturated carbocycles. The van der Waals surface area contributed by atoms with E-state index in [4.69, 9.17) is 9.47 Å². The summed E-state index contributed by atoms with van der Waals surface area (Å²) in [5, 5.41) is 0. The molecule has 0 N–H and O–H groups in total. The monoisotopic (exact) mass is 228 g/mol. The maximum absolute atomic E-state index is 12.2. The number of ketones is 1. The van der Waals surface area contributed by atoms with E-state index in [2.05, 4.69) is 0 Å². The molecule has 0 amide bonds. The van der Waals surface area contributed by atoms with E-state index in [0.29, 0.717) is 25.9 Å². The lowest BCUT2D eigenvalue weighted by Gasteiger charge is -2.41. The van der Waals surface area contributed by atoms with Crippen LogP contribution in [0.2, 0.25) is 0 Å². The van der Waals surface area contributed by atoms with Crippen molar-refractivity contribution in [3.63, 3.8) is 0 Å². The summed E-state index contributed by atoms with van der Waals surface area (Å²) in [5.74, 6) is 0.249. The molecule has 1 fully saturated rings. The lowest BCUT2D eigenvalue weighted by Crippen LogP contribution is -2.51. The van der Waals surface area contributed by atoms with Gasteiger partial charge in [0.15, 0.2) is 5.78 Å². The normalized spacial score (nSPS) is 35.0. The van der Waals surface area contributed by atoms with Gasteiger partial charge < -0.3 is 9.47 Å². The first kappa shape index (κ1) is 13.7. The van der Waals surface area contributed by atoms with Crippen molar-refractivity contribution in [1.29, 1.82) is 0 Å². The van der Waals surface area contributed by atoms with Gasteiger partial charge in [0, 0.05) is 25.9 Å². The van der Waals surface area contributed by atoms with Gasteiger partial charge in [-0.05, 0) is 27.2 Å². The summed E-state index contributed by atoms with van der Waals surface area (Å²) in [6.07, 6.45) is 3.11. The summed E-state index contributed by atoms with van der Waals surface area (Å²) in [7, 11) is 0. The van der Waals surface area contributed by atoms with Crippen LogP contribution in [0.15, 0.2) is 0 Å². The SMILES string of the molecule is CCCC(=O)C1(OCC)CC(C)OC(C)C1. The van der Waals surface area contributed by atoms with Crippen LogP contribution in [-0.4, -0.2) is 30.2 Å². The van der Waals surface area contributed by atoms with Gasteiger partial charge >= 0.3 is 0 Å². The summed E-state index contributed by atoms with van der Waals surface area (Å²) < 4.78 is 11.5. The van der Waals surface area contributed by atoms with Crippen molar-refractivity contribution in [2.45, 2.75) is 71.2 Å². The Hall–Kier alpha value is -0.410. The topological polar surface area (TPSA) is 35.5 Å². The van der Waals surface area contributed by atoms with Gasteiger partial charge in [0.25, 0.3) is 0 Å². The Labute approximate surface area is 98.5 Å². The van der Waals surface area contributed by atoms with Crippen LogP contribution in [0.25, 0.3) is 0 Å². The Balaban J connectivity index is 2.81. The molecule has 16 heavy (non-hydrogen) atoms. The lowest BCUT2D eigenvalue weighted by molar-refractivity contribution is -0.176. The van der Waals surface area contributed by atoms with Crippen LogP contribution >= 0.6 is 0 Å². The van der Waals surface area contributed by atoms with Crippen molar-refractivity contribution < 1.29 is 14.3 Å². The van der Waals surface area contributed by atoms with E-state index in [-0.39, 0.29) is 18.0 Å². The smallest absolute Gasteiger partial charge is 0.164 e. The van der Waals surface area contributed by atoms with Gasteiger partial charge in [-0.15, -0.1) is 0 Å². The Morgan fingerprint density at radius 2 is 1.88 bits per heavy atom. The van der Waals surface area contributed by atoms with E-state index in [9.17, 15) is 4.79 Å². The molecule has 0 aliphatic carbocycles. The van der Waals surface area contributed by atoms with E-state index in [1.165, 1.54) is 0 Å². The second-order valence-electron chi connectivity index (χ2n) is 4.77. The molecule has 94 valence electrons. The van der Waals surface area contributed by atoms with E-state index >= 15 is 0 Å². The Kier molecular flexibility index (Phi) is 4.93. The fraction of sp³-hybridized carbons (Fsp3) is 0.923. The molecule has 0 bridgehead atoms. The van der Waals surface area contributed by atoms with Gasteiger partial charge in [-0.25, -0.2) is 0 Å². The van der Waals surface area contributed by atoms with Crippen molar-refractivity contribution in [1.82, 2.24) is 0 Å². The largest absolute Gasteiger partial charge is 0.375 e. The molecule has 3 heteroatoms. The quantitative estimate of drug-likeness (QED) is 0.725. The molecule has 1 heterocycles. The van der Waals surface area contributed by atoms with Crippen LogP contribution in [0.5, 0.6) is 0 Å². The van der Waals surface area contributed by atoms with Crippen LogP contribution in [0.1, 0.15) is 53.4 Å². The van der Waals surface area contributed by atoms with Crippen molar-refractivity contribution in [3.8, 4) is 0 Å². The summed E-state index contributed by atoms with van der Waals surface area (Å²) in [6.45, 7) is 8.61. The van der Waals surface area contributed by atoms with Crippen LogP contribution < -0.4 is 0 Å². The van der Waals surface area contributed by atoms with Crippen molar-refractivity contribution in [3.05, 3.63) is 0 Å². The molecule has 1 aliphatic rings. The van der Waals surface area contributed by atoms with Crippen molar-refractivity contribution in [2.24, 2.45) is 0 Å². The third-order valence-electron chi connectivity index (χ3n) is 3.10. The highest BCUT2D eigenvalue weighted by Crippen LogP contribution is 2.34. The molecule has 0 aromatic heterocycles.